The molecule has 2 heterocycles. The first-order valence-corrected chi connectivity index (χ1v) is 10.3. The summed E-state index contributed by atoms with van der Waals surface area (Å²) in [6.07, 6.45) is 1.58. The van der Waals surface area contributed by atoms with E-state index in [1.165, 1.54) is 13.0 Å². The van der Waals surface area contributed by atoms with E-state index in [-0.39, 0.29) is 11.3 Å². The Kier molecular flexibility index (Phi) is 5.40. The van der Waals surface area contributed by atoms with E-state index in [1.807, 2.05) is 0 Å². The molecule has 1 N–H and O–H groups in total. The molecule has 1 spiro atoms. The Morgan fingerprint density at radius 2 is 1.97 bits per heavy atom. The highest BCUT2D eigenvalue weighted by Crippen LogP contribution is 2.36. The SMILES string of the molecule is CC1CCC2(CC1)NC(=O)N(CC(=O)OC(C)c1nc3ccccc3n1C(F)F)C2=O. The molecule has 10 heteroatoms. The van der Waals surface area contributed by atoms with Crippen molar-refractivity contribution in [1.82, 2.24) is 19.8 Å². The number of hydrogen-bond donors (Lipinski definition) is 1. The van der Waals surface area contributed by atoms with Crippen LogP contribution in [0, 0.1) is 5.92 Å². The predicted molar refractivity (Wildman–Crippen MR) is 106 cm³/mol. The number of alkyl halides is 2. The van der Waals surface area contributed by atoms with Crippen LogP contribution >= 0.6 is 0 Å². The lowest BCUT2D eigenvalue weighted by Crippen LogP contribution is -2.49. The minimum atomic E-state index is -2.87. The Morgan fingerprint density at radius 3 is 2.65 bits per heavy atom. The van der Waals surface area contributed by atoms with E-state index in [9.17, 15) is 23.2 Å². The van der Waals surface area contributed by atoms with Gasteiger partial charge in [0.25, 0.3) is 5.91 Å². The van der Waals surface area contributed by atoms with Crippen molar-refractivity contribution in [2.75, 3.05) is 6.54 Å². The summed E-state index contributed by atoms with van der Waals surface area (Å²) in [5.41, 5.74) is -0.389. The van der Waals surface area contributed by atoms with Gasteiger partial charge in [-0.1, -0.05) is 19.1 Å². The van der Waals surface area contributed by atoms with Gasteiger partial charge < -0.3 is 10.1 Å². The number of amides is 3. The summed E-state index contributed by atoms with van der Waals surface area (Å²) >= 11 is 0. The van der Waals surface area contributed by atoms with E-state index >= 15 is 0 Å². The van der Waals surface area contributed by atoms with Crippen molar-refractivity contribution in [2.45, 2.75) is 57.7 Å². The first kappa shape index (κ1) is 21.2. The molecule has 1 aromatic carbocycles. The van der Waals surface area contributed by atoms with Gasteiger partial charge in [-0.05, 0) is 50.7 Å². The first-order valence-electron chi connectivity index (χ1n) is 10.3. The van der Waals surface area contributed by atoms with Crippen LogP contribution in [0.2, 0.25) is 0 Å². The zero-order valence-electron chi connectivity index (χ0n) is 17.3. The topological polar surface area (TPSA) is 93.5 Å². The summed E-state index contributed by atoms with van der Waals surface area (Å²) in [5, 5.41) is 2.74. The van der Waals surface area contributed by atoms with Crippen LogP contribution in [0.1, 0.15) is 58.0 Å². The fourth-order valence-corrected chi connectivity index (χ4v) is 4.38. The summed E-state index contributed by atoms with van der Waals surface area (Å²) in [4.78, 5) is 42.7. The normalized spacial score (nSPS) is 24.8. The van der Waals surface area contributed by atoms with E-state index in [1.54, 1.807) is 18.2 Å². The molecule has 1 aromatic heterocycles. The van der Waals surface area contributed by atoms with Crippen molar-refractivity contribution in [3.05, 3.63) is 30.1 Å². The van der Waals surface area contributed by atoms with Gasteiger partial charge in [-0.2, -0.15) is 8.78 Å². The number of fused-ring (bicyclic) bond motifs is 1. The maximum Gasteiger partial charge on any atom is 0.326 e. The van der Waals surface area contributed by atoms with Crippen LogP contribution in [-0.4, -0.2) is 44.4 Å². The summed E-state index contributed by atoms with van der Waals surface area (Å²) in [7, 11) is 0. The number of nitrogens with one attached hydrogen (secondary N) is 1. The number of rotatable bonds is 5. The number of hydrogen-bond acceptors (Lipinski definition) is 5. The molecular formula is C21H24F2N4O4. The van der Waals surface area contributed by atoms with Gasteiger partial charge in [-0.25, -0.2) is 9.78 Å². The zero-order valence-corrected chi connectivity index (χ0v) is 17.3. The van der Waals surface area contributed by atoms with Crippen LogP contribution in [-0.2, 0) is 14.3 Å². The van der Waals surface area contributed by atoms with Crippen molar-refractivity contribution >= 4 is 28.9 Å². The fourth-order valence-electron chi connectivity index (χ4n) is 4.38. The molecule has 31 heavy (non-hydrogen) atoms. The standard InChI is InChI=1S/C21H24F2N4O4/c1-12-7-9-21(10-8-12)18(29)26(20(30)25-21)11-16(28)31-13(2)17-24-14-5-3-4-6-15(14)27(17)19(22)23/h3-6,12-13,19H,7-11H2,1-2H3,(H,25,30). The van der Waals surface area contributed by atoms with Crippen LogP contribution in [0.5, 0.6) is 0 Å². The van der Waals surface area contributed by atoms with Crippen LogP contribution in [0.15, 0.2) is 24.3 Å². The average molecular weight is 434 g/mol. The smallest absolute Gasteiger partial charge is 0.326 e. The second-order valence-corrected chi connectivity index (χ2v) is 8.32. The van der Waals surface area contributed by atoms with Crippen molar-refractivity contribution in [3.63, 3.8) is 0 Å². The molecule has 8 nitrogen and oxygen atoms in total. The number of esters is 1. The highest BCUT2D eigenvalue weighted by Gasteiger charge is 2.52. The highest BCUT2D eigenvalue weighted by molar-refractivity contribution is 6.08. The van der Waals surface area contributed by atoms with E-state index < -0.39 is 42.6 Å². The van der Waals surface area contributed by atoms with Gasteiger partial charge in [0.2, 0.25) is 0 Å². The molecule has 1 saturated heterocycles. The Morgan fingerprint density at radius 1 is 1.29 bits per heavy atom. The molecule has 1 aliphatic heterocycles. The third-order valence-corrected chi connectivity index (χ3v) is 6.15. The van der Waals surface area contributed by atoms with Crippen LogP contribution < -0.4 is 5.32 Å². The fraction of sp³-hybridized carbons (Fsp3) is 0.524. The molecule has 166 valence electrons. The number of carbonyl (C=O) groups excluding carboxylic acids is 3. The maximum absolute atomic E-state index is 13.6. The van der Waals surface area contributed by atoms with Gasteiger partial charge in [0.15, 0.2) is 11.9 Å². The van der Waals surface area contributed by atoms with Crippen molar-refractivity contribution in [2.24, 2.45) is 5.92 Å². The maximum atomic E-state index is 13.6. The molecule has 1 saturated carbocycles. The van der Waals surface area contributed by atoms with Crippen molar-refractivity contribution < 1.29 is 27.9 Å². The van der Waals surface area contributed by atoms with Gasteiger partial charge in [0, 0.05) is 0 Å². The number of aromatic nitrogens is 2. The van der Waals surface area contributed by atoms with Crippen LogP contribution in [0.25, 0.3) is 11.0 Å². The molecule has 1 atom stereocenters. The molecule has 2 aliphatic rings. The number of benzene rings is 1. The minimum Gasteiger partial charge on any atom is -0.453 e. The number of ether oxygens (including phenoxy) is 1. The molecule has 0 bridgehead atoms. The van der Waals surface area contributed by atoms with Crippen LogP contribution in [0.4, 0.5) is 13.6 Å². The van der Waals surface area contributed by atoms with E-state index in [0.717, 1.165) is 17.7 Å². The largest absolute Gasteiger partial charge is 0.453 e. The van der Waals surface area contributed by atoms with E-state index in [0.29, 0.717) is 28.8 Å². The second kappa shape index (κ2) is 7.90. The summed E-state index contributed by atoms with van der Waals surface area (Å²) in [5.74, 6) is -0.942. The Hall–Kier alpha value is -3.04. The third kappa shape index (κ3) is 3.75. The number of imide groups is 1. The van der Waals surface area contributed by atoms with Gasteiger partial charge >= 0.3 is 18.5 Å². The quantitative estimate of drug-likeness (QED) is 0.574. The Bertz CT molecular complexity index is 1030. The number of imidazole rings is 1. The lowest BCUT2D eigenvalue weighted by atomic mass is 9.77. The number of carbonyl (C=O) groups is 3. The van der Waals surface area contributed by atoms with Crippen LogP contribution in [0.3, 0.4) is 0 Å². The lowest BCUT2D eigenvalue weighted by molar-refractivity contribution is -0.152. The van der Waals surface area contributed by atoms with Gasteiger partial charge in [-0.15, -0.1) is 0 Å². The molecule has 2 fully saturated rings. The van der Waals surface area contributed by atoms with Crippen molar-refractivity contribution in [3.8, 4) is 0 Å². The molecule has 1 aliphatic carbocycles. The van der Waals surface area contributed by atoms with Gasteiger partial charge in [0.05, 0.1) is 11.0 Å². The van der Waals surface area contributed by atoms with E-state index in [4.69, 9.17) is 4.74 Å². The number of para-hydroxylation sites is 2. The number of nitrogens with zero attached hydrogens (tertiary/aromatic N) is 3. The zero-order chi connectivity index (χ0) is 22.3. The summed E-state index contributed by atoms with van der Waals surface area (Å²) < 4.78 is 33.2. The monoisotopic (exact) mass is 434 g/mol. The number of urea groups is 1. The van der Waals surface area contributed by atoms with Gasteiger partial charge in [0.1, 0.15) is 12.1 Å². The lowest BCUT2D eigenvalue weighted by Gasteiger charge is -2.33. The summed E-state index contributed by atoms with van der Waals surface area (Å²) in [6.45, 7) is 0.0648. The van der Waals surface area contributed by atoms with Gasteiger partial charge in [-0.3, -0.25) is 19.1 Å². The first-order chi connectivity index (χ1) is 14.7. The average Bonchev–Trinajstić information content (AvgIpc) is 3.22. The molecular weight excluding hydrogens is 410 g/mol. The molecule has 1 unspecified atom stereocenters. The highest BCUT2D eigenvalue weighted by atomic mass is 19.3. The van der Waals surface area contributed by atoms with E-state index in [2.05, 4.69) is 17.2 Å². The Balaban J connectivity index is 1.47. The second-order valence-electron chi connectivity index (χ2n) is 8.32. The molecule has 4 rings (SSSR count). The van der Waals surface area contributed by atoms with Crippen molar-refractivity contribution in [1.29, 1.82) is 0 Å². The predicted octanol–water partition coefficient (Wildman–Crippen LogP) is 3.54. The molecule has 3 amide bonds. The minimum absolute atomic E-state index is 0.112. The Labute approximate surface area is 177 Å². The molecule has 2 aromatic rings. The summed E-state index contributed by atoms with van der Waals surface area (Å²) in [6, 6.07) is 5.74. The number of halogens is 2. The third-order valence-electron chi connectivity index (χ3n) is 6.15. The molecule has 0 radical (unpaired) electrons.